The van der Waals surface area contributed by atoms with E-state index in [4.69, 9.17) is 11.8 Å². The zero-order valence-corrected chi connectivity index (χ0v) is 8.01. The molecule has 1 rings (SSSR count). The zero-order valence-electron chi connectivity index (χ0n) is 7.20. The lowest BCUT2D eigenvalue weighted by Gasteiger charge is -1.86. The van der Waals surface area contributed by atoms with Gasteiger partial charge in [0.2, 0.25) is 5.00 Å². The van der Waals surface area contributed by atoms with Gasteiger partial charge in [-0.25, -0.2) is 4.85 Å². The van der Waals surface area contributed by atoms with Crippen molar-refractivity contribution in [3.8, 4) is 6.07 Å². The van der Waals surface area contributed by atoms with Gasteiger partial charge in [0.25, 0.3) is 0 Å². The Kier molecular flexibility index (Phi) is 2.73. The third-order valence-corrected chi connectivity index (χ3v) is 2.58. The average molecular weight is 190 g/mol. The van der Waals surface area contributed by atoms with Crippen molar-refractivity contribution >= 4 is 21.3 Å². The summed E-state index contributed by atoms with van der Waals surface area (Å²) in [4.78, 5) is 3.30. The van der Waals surface area contributed by atoms with Crippen molar-refractivity contribution in [3.05, 3.63) is 22.5 Å². The largest absolute Gasteiger partial charge is 0.247 e. The minimum Gasteiger partial charge on any atom is -0.226 e. The van der Waals surface area contributed by atoms with Gasteiger partial charge in [0, 0.05) is 7.05 Å². The molecule has 0 atom stereocenters. The molecule has 0 aliphatic carbocycles. The fourth-order valence-corrected chi connectivity index (χ4v) is 1.79. The van der Waals surface area contributed by atoms with Crippen molar-refractivity contribution in [1.29, 1.82) is 5.26 Å². The average Bonchev–Trinajstić information content (AvgIpc) is 2.43. The maximum atomic E-state index is 8.79. The molecule has 0 aliphatic rings. The van der Waals surface area contributed by atoms with Crippen LogP contribution in [0.15, 0.2) is 10.2 Å². The van der Waals surface area contributed by atoms with Gasteiger partial charge >= 0.3 is 0 Å². The second-order valence-electron chi connectivity index (χ2n) is 2.24. The van der Waals surface area contributed by atoms with Crippen molar-refractivity contribution in [2.45, 2.75) is 6.92 Å². The predicted octanol–water partition coefficient (Wildman–Crippen LogP) is 3.19. The number of rotatable bonds is 1. The first-order valence-electron chi connectivity index (χ1n) is 3.45. The molecule has 0 aliphatic heterocycles. The number of nitriles is 1. The Bertz CT molecular complexity index is 430. The van der Waals surface area contributed by atoms with Crippen LogP contribution in [-0.2, 0) is 0 Å². The van der Waals surface area contributed by atoms with E-state index in [1.807, 2.05) is 6.07 Å². The fraction of sp³-hybridized carbons (Fsp3) is 0.250. The molecule has 1 heterocycles. The molecular formula is C8H6N4S. The highest BCUT2D eigenvalue weighted by Crippen LogP contribution is 2.40. The summed E-state index contributed by atoms with van der Waals surface area (Å²) in [5, 5.41) is 17.2. The van der Waals surface area contributed by atoms with Crippen LogP contribution < -0.4 is 0 Å². The molecule has 0 fully saturated rings. The Balaban J connectivity index is 3.40. The quantitative estimate of drug-likeness (QED) is 0.495. The predicted molar refractivity (Wildman–Crippen MR) is 50.5 cm³/mol. The SMILES string of the molecule is [C-]#[N+]c1sc(N=NC)c(C#N)c1C. The second kappa shape index (κ2) is 3.79. The van der Waals surface area contributed by atoms with E-state index >= 15 is 0 Å². The van der Waals surface area contributed by atoms with Crippen LogP contribution in [0.2, 0.25) is 0 Å². The summed E-state index contributed by atoms with van der Waals surface area (Å²) in [6.07, 6.45) is 0. The lowest BCUT2D eigenvalue weighted by atomic mass is 10.2. The third-order valence-electron chi connectivity index (χ3n) is 1.51. The Morgan fingerprint density at radius 3 is 2.77 bits per heavy atom. The summed E-state index contributed by atoms with van der Waals surface area (Å²) < 4.78 is 0. The van der Waals surface area contributed by atoms with Crippen molar-refractivity contribution in [3.63, 3.8) is 0 Å². The first-order valence-corrected chi connectivity index (χ1v) is 4.27. The zero-order chi connectivity index (χ0) is 9.84. The number of azo groups is 1. The van der Waals surface area contributed by atoms with Crippen molar-refractivity contribution in [2.24, 2.45) is 10.2 Å². The minimum absolute atomic E-state index is 0.460. The molecule has 64 valence electrons. The van der Waals surface area contributed by atoms with Gasteiger partial charge in [0.05, 0.1) is 12.1 Å². The van der Waals surface area contributed by atoms with E-state index in [0.717, 1.165) is 0 Å². The number of hydrogen-bond donors (Lipinski definition) is 0. The molecule has 0 bridgehead atoms. The lowest BCUT2D eigenvalue weighted by molar-refractivity contribution is 1.18. The first kappa shape index (κ1) is 9.37. The van der Waals surface area contributed by atoms with Gasteiger partial charge < -0.3 is 0 Å². The Labute approximate surface area is 80.0 Å². The van der Waals surface area contributed by atoms with E-state index < -0.39 is 0 Å². The van der Waals surface area contributed by atoms with Gasteiger partial charge in [-0.05, 0) is 12.5 Å². The highest BCUT2D eigenvalue weighted by atomic mass is 32.1. The van der Waals surface area contributed by atoms with Crippen molar-refractivity contribution in [2.75, 3.05) is 7.05 Å². The van der Waals surface area contributed by atoms with E-state index in [1.54, 1.807) is 6.92 Å². The molecule has 0 saturated heterocycles. The van der Waals surface area contributed by atoms with Gasteiger partial charge in [-0.15, -0.1) is 16.5 Å². The summed E-state index contributed by atoms with van der Waals surface area (Å²) in [7, 11) is 1.54. The fourth-order valence-electron chi connectivity index (χ4n) is 0.886. The summed E-state index contributed by atoms with van der Waals surface area (Å²) in [6, 6.07) is 2.02. The van der Waals surface area contributed by atoms with Crippen LogP contribution in [0, 0.1) is 24.8 Å². The van der Waals surface area contributed by atoms with Crippen LogP contribution in [0.5, 0.6) is 0 Å². The first-order chi connectivity index (χ1) is 6.24. The van der Waals surface area contributed by atoms with Gasteiger partial charge in [0.1, 0.15) is 11.1 Å². The minimum atomic E-state index is 0.460. The van der Waals surface area contributed by atoms with E-state index in [0.29, 0.717) is 21.1 Å². The maximum Gasteiger partial charge on any atom is 0.247 e. The Hall–Kier alpha value is -1.72. The summed E-state index contributed by atoms with van der Waals surface area (Å²) in [5.74, 6) is 0. The molecule has 0 spiro atoms. The van der Waals surface area contributed by atoms with Gasteiger partial charge in [-0.3, -0.25) is 0 Å². The van der Waals surface area contributed by atoms with Crippen molar-refractivity contribution < 1.29 is 0 Å². The van der Waals surface area contributed by atoms with Gasteiger partial charge in [0.15, 0.2) is 0 Å². The van der Waals surface area contributed by atoms with E-state index in [2.05, 4.69) is 15.1 Å². The van der Waals surface area contributed by atoms with Gasteiger partial charge in [-0.1, -0.05) is 0 Å². The van der Waals surface area contributed by atoms with E-state index in [9.17, 15) is 0 Å². The molecule has 0 amide bonds. The molecule has 0 N–H and O–H groups in total. The standard InChI is InChI=1S/C8H6N4S/c1-5-6(4-9)8(12-11-3)13-7(5)10-2/h1,3H3. The Morgan fingerprint density at radius 2 is 2.31 bits per heavy atom. The van der Waals surface area contributed by atoms with Crippen molar-refractivity contribution in [1.82, 2.24) is 0 Å². The molecule has 13 heavy (non-hydrogen) atoms. The lowest BCUT2D eigenvalue weighted by Crippen LogP contribution is -1.71. The molecular weight excluding hydrogens is 184 g/mol. The Morgan fingerprint density at radius 1 is 1.62 bits per heavy atom. The van der Waals surface area contributed by atoms with Crippen LogP contribution in [-0.4, -0.2) is 7.05 Å². The molecule has 4 nitrogen and oxygen atoms in total. The second-order valence-corrected chi connectivity index (χ2v) is 3.21. The molecule has 0 radical (unpaired) electrons. The van der Waals surface area contributed by atoms with Crippen LogP contribution >= 0.6 is 11.3 Å². The maximum absolute atomic E-state index is 8.79. The summed E-state index contributed by atoms with van der Waals surface area (Å²) >= 11 is 1.20. The molecule has 1 aromatic heterocycles. The number of hydrogen-bond acceptors (Lipinski definition) is 4. The highest BCUT2D eigenvalue weighted by molar-refractivity contribution is 7.20. The van der Waals surface area contributed by atoms with Crippen LogP contribution in [0.4, 0.5) is 10.0 Å². The molecule has 1 aromatic rings. The smallest absolute Gasteiger partial charge is 0.226 e. The van der Waals surface area contributed by atoms with Gasteiger partial charge in [-0.2, -0.15) is 10.4 Å². The summed E-state index contributed by atoms with van der Waals surface area (Å²) in [5.41, 5.74) is 1.16. The van der Waals surface area contributed by atoms with Crippen LogP contribution in [0.3, 0.4) is 0 Å². The normalized spacial score (nSPS) is 9.85. The monoisotopic (exact) mass is 190 g/mol. The van der Waals surface area contributed by atoms with E-state index in [1.165, 1.54) is 18.4 Å². The topological polar surface area (TPSA) is 52.9 Å². The number of thiophene rings is 1. The van der Waals surface area contributed by atoms with E-state index in [-0.39, 0.29) is 0 Å². The molecule has 0 aromatic carbocycles. The third kappa shape index (κ3) is 1.56. The molecule has 0 unspecified atom stereocenters. The van der Waals surface area contributed by atoms with Crippen LogP contribution in [0.25, 0.3) is 4.85 Å². The number of nitrogens with zero attached hydrogens (tertiary/aromatic N) is 4. The molecule has 5 heteroatoms. The highest BCUT2D eigenvalue weighted by Gasteiger charge is 2.13. The van der Waals surface area contributed by atoms with Crippen LogP contribution in [0.1, 0.15) is 11.1 Å². The summed E-state index contributed by atoms with van der Waals surface area (Å²) in [6.45, 7) is 8.60. The molecule has 0 saturated carbocycles.